The third-order valence-electron chi connectivity index (χ3n) is 2.60. The molecule has 0 amide bonds. The first-order chi connectivity index (χ1) is 7.56. The second-order valence-corrected chi connectivity index (χ2v) is 5.18. The fraction of sp³-hybridized carbons (Fsp3) is 0.583. The molecule has 2 N–H and O–H groups in total. The highest BCUT2D eigenvalue weighted by molar-refractivity contribution is 7.10. The molecule has 1 aromatic heterocycles. The summed E-state index contributed by atoms with van der Waals surface area (Å²) in [6.07, 6.45) is 0.601. The third kappa shape index (κ3) is 3.32. The van der Waals surface area contributed by atoms with E-state index < -0.39 is 12.0 Å². The minimum absolute atomic E-state index is 0.126. The molecule has 0 fully saturated rings. The molecule has 0 saturated carbocycles. The van der Waals surface area contributed by atoms with Crippen LogP contribution in [-0.2, 0) is 4.79 Å². The fourth-order valence-electron chi connectivity index (χ4n) is 1.65. The number of nitrogens with one attached hydrogen (secondary N) is 1. The zero-order chi connectivity index (χ0) is 12.1. The van der Waals surface area contributed by atoms with Gasteiger partial charge in [0.25, 0.3) is 0 Å². The van der Waals surface area contributed by atoms with E-state index in [1.807, 2.05) is 18.4 Å². The van der Waals surface area contributed by atoms with Crippen molar-refractivity contribution in [2.24, 2.45) is 5.92 Å². The lowest BCUT2D eigenvalue weighted by Crippen LogP contribution is -2.40. The van der Waals surface area contributed by atoms with E-state index >= 15 is 0 Å². The van der Waals surface area contributed by atoms with Gasteiger partial charge in [-0.25, -0.2) is 0 Å². The van der Waals surface area contributed by atoms with Gasteiger partial charge in [0.15, 0.2) is 0 Å². The van der Waals surface area contributed by atoms with Crippen LogP contribution in [0.15, 0.2) is 17.5 Å². The molecule has 0 bridgehead atoms. The predicted octanol–water partition coefficient (Wildman–Crippen LogP) is 2.90. The number of aliphatic carboxylic acids is 1. The first kappa shape index (κ1) is 13.2. The monoisotopic (exact) mass is 241 g/mol. The van der Waals surface area contributed by atoms with E-state index in [-0.39, 0.29) is 6.04 Å². The van der Waals surface area contributed by atoms with Crippen LogP contribution in [0.5, 0.6) is 0 Å². The predicted molar refractivity (Wildman–Crippen MR) is 66.7 cm³/mol. The Kier molecular flexibility index (Phi) is 4.96. The molecule has 1 heterocycles. The highest BCUT2D eigenvalue weighted by atomic mass is 32.1. The highest BCUT2D eigenvalue weighted by Gasteiger charge is 2.23. The van der Waals surface area contributed by atoms with Crippen molar-refractivity contribution in [2.45, 2.75) is 39.3 Å². The molecule has 1 rings (SSSR count). The van der Waals surface area contributed by atoms with Crippen molar-refractivity contribution in [3.05, 3.63) is 22.4 Å². The summed E-state index contributed by atoms with van der Waals surface area (Å²) in [6, 6.07) is 3.71. The van der Waals surface area contributed by atoms with Crippen LogP contribution in [0, 0.1) is 5.92 Å². The molecular weight excluding hydrogens is 222 g/mol. The summed E-state index contributed by atoms with van der Waals surface area (Å²) in [4.78, 5) is 12.2. The molecule has 0 aliphatic heterocycles. The quantitative estimate of drug-likeness (QED) is 0.805. The Morgan fingerprint density at radius 2 is 2.25 bits per heavy atom. The lowest BCUT2D eigenvalue weighted by molar-refractivity contribution is -0.139. The van der Waals surface area contributed by atoms with Crippen molar-refractivity contribution in [3.8, 4) is 0 Å². The molecule has 16 heavy (non-hydrogen) atoms. The lowest BCUT2D eigenvalue weighted by atomic mass is 10.0. The van der Waals surface area contributed by atoms with Crippen LogP contribution in [0.4, 0.5) is 0 Å². The maximum absolute atomic E-state index is 11.0. The van der Waals surface area contributed by atoms with Crippen LogP contribution in [0.25, 0.3) is 0 Å². The maximum atomic E-state index is 11.0. The van der Waals surface area contributed by atoms with Crippen molar-refractivity contribution >= 4 is 17.3 Å². The molecule has 90 valence electrons. The number of carboxylic acids is 1. The van der Waals surface area contributed by atoms with Gasteiger partial charge in [-0.15, -0.1) is 11.3 Å². The minimum Gasteiger partial charge on any atom is -0.480 e. The number of carboxylic acid groups (broad SMARTS) is 1. The van der Waals surface area contributed by atoms with E-state index in [9.17, 15) is 4.79 Å². The zero-order valence-electron chi connectivity index (χ0n) is 9.93. The topological polar surface area (TPSA) is 49.3 Å². The molecule has 2 atom stereocenters. The van der Waals surface area contributed by atoms with Gasteiger partial charge >= 0.3 is 5.97 Å². The van der Waals surface area contributed by atoms with Crippen LogP contribution in [0.1, 0.15) is 38.1 Å². The van der Waals surface area contributed by atoms with Crippen LogP contribution < -0.4 is 5.32 Å². The van der Waals surface area contributed by atoms with Gasteiger partial charge in [0, 0.05) is 10.9 Å². The Morgan fingerprint density at radius 3 is 2.62 bits per heavy atom. The van der Waals surface area contributed by atoms with Gasteiger partial charge in [-0.05, 0) is 23.8 Å². The molecular formula is C12H19NO2S. The fourth-order valence-corrected chi connectivity index (χ4v) is 2.61. The van der Waals surface area contributed by atoms with Gasteiger partial charge < -0.3 is 5.11 Å². The molecule has 0 saturated heterocycles. The first-order valence-electron chi connectivity index (χ1n) is 5.58. The second-order valence-electron chi connectivity index (χ2n) is 4.20. The molecule has 0 aliphatic carbocycles. The van der Waals surface area contributed by atoms with Crippen LogP contribution in [-0.4, -0.2) is 17.1 Å². The average molecular weight is 241 g/mol. The van der Waals surface area contributed by atoms with E-state index in [4.69, 9.17) is 5.11 Å². The summed E-state index contributed by atoms with van der Waals surface area (Å²) < 4.78 is 0. The van der Waals surface area contributed by atoms with Crippen molar-refractivity contribution in [3.63, 3.8) is 0 Å². The Bertz CT molecular complexity index is 322. The minimum atomic E-state index is -0.773. The molecule has 0 aromatic carbocycles. The summed E-state index contributed by atoms with van der Waals surface area (Å²) in [6.45, 7) is 6.09. The van der Waals surface area contributed by atoms with E-state index in [0.29, 0.717) is 12.3 Å². The number of hydrogen-bond donors (Lipinski definition) is 2. The lowest BCUT2D eigenvalue weighted by Gasteiger charge is -2.24. The Hall–Kier alpha value is -0.870. The van der Waals surface area contributed by atoms with Crippen LogP contribution in [0.2, 0.25) is 0 Å². The Balaban J connectivity index is 2.76. The van der Waals surface area contributed by atoms with Crippen molar-refractivity contribution in [2.75, 3.05) is 0 Å². The number of carbonyl (C=O) groups is 1. The second kappa shape index (κ2) is 6.01. The summed E-state index contributed by atoms with van der Waals surface area (Å²) in [5.74, 6) is -0.392. The largest absolute Gasteiger partial charge is 0.480 e. The molecule has 0 radical (unpaired) electrons. The molecule has 0 aliphatic rings. The molecule has 0 spiro atoms. The Labute approximate surface area is 100 Å². The summed E-state index contributed by atoms with van der Waals surface area (Å²) in [5, 5.41) is 14.3. The summed E-state index contributed by atoms with van der Waals surface area (Å²) in [5.41, 5.74) is 0. The molecule has 1 aromatic rings. The van der Waals surface area contributed by atoms with E-state index in [0.717, 1.165) is 0 Å². The van der Waals surface area contributed by atoms with Gasteiger partial charge in [0.05, 0.1) is 0 Å². The van der Waals surface area contributed by atoms with Gasteiger partial charge in [-0.2, -0.15) is 0 Å². The van der Waals surface area contributed by atoms with Crippen LogP contribution >= 0.6 is 11.3 Å². The molecule has 4 heteroatoms. The van der Waals surface area contributed by atoms with E-state index in [1.54, 1.807) is 11.3 Å². The maximum Gasteiger partial charge on any atom is 0.320 e. The highest BCUT2D eigenvalue weighted by Crippen LogP contribution is 2.26. The number of rotatable bonds is 6. The summed E-state index contributed by atoms with van der Waals surface area (Å²) in [7, 11) is 0. The molecule has 3 nitrogen and oxygen atoms in total. The van der Waals surface area contributed by atoms with Gasteiger partial charge in [-0.3, -0.25) is 10.1 Å². The smallest absolute Gasteiger partial charge is 0.320 e. The first-order valence-corrected chi connectivity index (χ1v) is 6.46. The van der Waals surface area contributed by atoms with Crippen molar-refractivity contribution < 1.29 is 9.90 Å². The van der Waals surface area contributed by atoms with Gasteiger partial charge in [0.2, 0.25) is 0 Å². The van der Waals surface area contributed by atoms with Gasteiger partial charge in [-0.1, -0.05) is 26.8 Å². The normalized spacial score (nSPS) is 15.0. The van der Waals surface area contributed by atoms with Crippen molar-refractivity contribution in [1.82, 2.24) is 5.32 Å². The van der Waals surface area contributed by atoms with Crippen molar-refractivity contribution in [1.29, 1.82) is 0 Å². The number of thiophene rings is 1. The van der Waals surface area contributed by atoms with Gasteiger partial charge in [0.1, 0.15) is 6.04 Å². The summed E-state index contributed by atoms with van der Waals surface area (Å²) >= 11 is 1.67. The third-order valence-corrected chi connectivity index (χ3v) is 3.56. The molecule has 2 unspecified atom stereocenters. The van der Waals surface area contributed by atoms with Crippen LogP contribution in [0.3, 0.4) is 0 Å². The number of hydrogen-bond acceptors (Lipinski definition) is 3. The zero-order valence-corrected chi connectivity index (χ0v) is 10.8. The van der Waals surface area contributed by atoms with E-state index in [2.05, 4.69) is 25.2 Å². The SMILES string of the molecule is CCC(NC(c1cccs1)C(C)C)C(=O)O. The average Bonchev–Trinajstić information content (AvgIpc) is 2.71. The Morgan fingerprint density at radius 1 is 1.56 bits per heavy atom. The van der Waals surface area contributed by atoms with E-state index in [1.165, 1.54) is 4.88 Å². The standard InChI is InChI=1S/C12H19NO2S/c1-4-9(12(14)15)13-11(8(2)3)10-6-5-7-16-10/h5-9,11,13H,4H2,1-3H3,(H,14,15).